The lowest BCUT2D eigenvalue weighted by Crippen LogP contribution is -2.33. The monoisotopic (exact) mass is 384 g/mol. The van der Waals surface area contributed by atoms with Gasteiger partial charge in [0.05, 0.1) is 5.92 Å². The first-order valence-corrected chi connectivity index (χ1v) is 9.85. The zero-order chi connectivity index (χ0) is 20.3. The molecule has 0 saturated carbocycles. The highest BCUT2D eigenvalue weighted by Gasteiger charge is 2.39. The van der Waals surface area contributed by atoms with Crippen LogP contribution in [0.5, 0.6) is 0 Å². The van der Waals surface area contributed by atoms with E-state index in [-0.39, 0.29) is 18.5 Å². The first-order valence-electron chi connectivity index (χ1n) is 9.85. The summed E-state index contributed by atoms with van der Waals surface area (Å²) in [5.41, 5.74) is 3.17. The third-order valence-corrected chi connectivity index (χ3v) is 5.63. The van der Waals surface area contributed by atoms with Gasteiger partial charge in [-0.15, -0.1) is 0 Å². The Morgan fingerprint density at radius 1 is 0.793 bits per heavy atom. The average Bonchev–Trinajstić information content (AvgIpc) is 3.03. The third kappa shape index (κ3) is 3.50. The van der Waals surface area contributed by atoms with Crippen LogP contribution in [0.2, 0.25) is 0 Å². The van der Waals surface area contributed by atoms with E-state index in [0.29, 0.717) is 5.76 Å². The molecule has 0 aliphatic carbocycles. The zero-order valence-corrected chi connectivity index (χ0v) is 16.7. The lowest BCUT2D eigenvalue weighted by molar-refractivity contribution is -0.140. The van der Waals surface area contributed by atoms with Gasteiger partial charge >= 0.3 is 5.97 Å². The SMILES string of the molecule is CC1=C(COC(c2ccccc2)(c2ccccc2)c2ccccc2)OC(=O)[C@@H]1C. The Morgan fingerprint density at radius 3 is 1.55 bits per heavy atom. The average molecular weight is 384 g/mol. The van der Waals surface area contributed by atoms with Crippen molar-refractivity contribution in [2.75, 3.05) is 6.61 Å². The normalized spacial score (nSPS) is 16.8. The Morgan fingerprint density at radius 2 is 1.21 bits per heavy atom. The molecule has 3 heteroatoms. The Kier molecular flexibility index (Phi) is 5.32. The summed E-state index contributed by atoms with van der Waals surface area (Å²) in [6.45, 7) is 4.01. The molecule has 1 aliphatic heterocycles. The van der Waals surface area contributed by atoms with E-state index in [0.717, 1.165) is 22.3 Å². The molecule has 1 atom stereocenters. The molecule has 0 saturated heterocycles. The van der Waals surface area contributed by atoms with Crippen molar-refractivity contribution >= 4 is 5.97 Å². The van der Waals surface area contributed by atoms with Crippen molar-refractivity contribution in [2.45, 2.75) is 19.4 Å². The van der Waals surface area contributed by atoms with Gasteiger partial charge in [-0.05, 0) is 36.1 Å². The Hall–Kier alpha value is -3.17. The van der Waals surface area contributed by atoms with Crippen LogP contribution < -0.4 is 0 Å². The van der Waals surface area contributed by atoms with Crippen LogP contribution in [0.1, 0.15) is 30.5 Å². The molecule has 146 valence electrons. The lowest BCUT2D eigenvalue weighted by Gasteiger charge is -2.36. The summed E-state index contributed by atoms with van der Waals surface area (Å²) in [6, 6.07) is 30.5. The molecule has 3 aromatic rings. The fourth-order valence-corrected chi connectivity index (χ4v) is 3.79. The number of carbonyl (C=O) groups excluding carboxylic acids is 1. The van der Waals surface area contributed by atoms with Crippen molar-refractivity contribution in [3.63, 3.8) is 0 Å². The van der Waals surface area contributed by atoms with Gasteiger partial charge in [0.25, 0.3) is 0 Å². The number of carbonyl (C=O) groups is 1. The quantitative estimate of drug-likeness (QED) is 0.418. The highest BCUT2D eigenvalue weighted by atomic mass is 16.6. The van der Waals surface area contributed by atoms with Gasteiger partial charge in [-0.3, -0.25) is 4.79 Å². The van der Waals surface area contributed by atoms with E-state index in [4.69, 9.17) is 9.47 Å². The molecule has 0 N–H and O–H groups in total. The van der Waals surface area contributed by atoms with Crippen LogP contribution in [0.3, 0.4) is 0 Å². The van der Waals surface area contributed by atoms with Gasteiger partial charge in [-0.25, -0.2) is 0 Å². The van der Waals surface area contributed by atoms with Crippen molar-refractivity contribution < 1.29 is 14.3 Å². The van der Waals surface area contributed by atoms with E-state index in [2.05, 4.69) is 36.4 Å². The maximum atomic E-state index is 12.0. The summed E-state index contributed by atoms with van der Waals surface area (Å²) >= 11 is 0. The highest BCUT2D eigenvalue weighted by Crippen LogP contribution is 2.41. The number of hydrogen-bond acceptors (Lipinski definition) is 3. The summed E-state index contributed by atoms with van der Waals surface area (Å²) < 4.78 is 12.2. The molecular weight excluding hydrogens is 360 g/mol. The summed E-state index contributed by atoms with van der Waals surface area (Å²) in [5, 5.41) is 0. The third-order valence-electron chi connectivity index (χ3n) is 5.63. The van der Waals surface area contributed by atoms with Gasteiger partial charge in [0.15, 0.2) is 0 Å². The maximum Gasteiger partial charge on any atom is 0.318 e. The summed E-state index contributed by atoms with van der Waals surface area (Å²) in [6.07, 6.45) is 0. The summed E-state index contributed by atoms with van der Waals surface area (Å²) in [5.74, 6) is 0.161. The van der Waals surface area contributed by atoms with Crippen molar-refractivity contribution in [2.24, 2.45) is 5.92 Å². The van der Waals surface area contributed by atoms with Crippen LogP contribution in [-0.2, 0) is 19.9 Å². The van der Waals surface area contributed by atoms with Gasteiger partial charge < -0.3 is 9.47 Å². The molecule has 29 heavy (non-hydrogen) atoms. The van der Waals surface area contributed by atoms with Crippen molar-refractivity contribution in [3.05, 3.63) is 119 Å². The van der Waals surface area contributed by atoms with Gasteiger partial charge in [-0.1, -0.05) is 91.0 Å². The standard InChI is InChI=1S/C26H24O3/c1-19-20(2)25(27)29-24(19)18-28-26(21-12-6-3-7-13-21,22-14-8-4-9-15-22)23-16-10-5-11-17-23/h3-17,20H,18H2,1-2H3/t20-/m1/s1. The molecule has 0 bridgehead atoms. The number of benzene rings is 3. The molecule has 4 rings (SSSR count). The van der Waals surface area contributed by atoms with E-state index in [1.807, 2.05) is 68.4 Å². The largest absolute Gasteiger partial charge is 0.428 e. The van der Waals surface area contributed by atoms with Crippen LogP contribution >= 0.6 is 0 Å². The van der Waals surface area contributed by atoms with Crippen LogP contribution in [0.25, 0.3) is 0 Å². The molecular formula is C26H24O3. The Labute approximate surface area is 171 Å². The van der Waals surface area contributed by atoms with Crippen molar-refractivity contribution in [3.8, 4) is 0 Å². The molecule has 0 unspecified atom stereocenters. The second kappa shape index (κ2) is 8.06. The van der Waals surface area contributed by atoms with Crippen molar-refractivity contribution in [1.82, 2.24) is 0 Å². The predicted molar refractivity (Wildman–Crippen MR) is 113 cm³/mol. The second-order valence-corrected chi connectivity index (χ2v) is 7.32. The number of esters is 1. The summed E-state index contributed by atoms with van der Waals surface area (Å²) in [4.78, 5) is 12.0. The first-order chi connectivity index (χ1) is 14.1. The van der Waals surface area contributed by atoms with E-state index < -0.39 is 5.60 Å². The molecule has 1 heterocycles. The van der Waals surface area contributed by atoms with E-state index >= 15 is 0 Å². The molecule has 0 fully saturated rings. The Bertz CT molecular complexity index is 911. The van der Waals surface area contributed by atoms with Gasteiger partial charge in [0.2, 0.25) is 0 Å². The van der Waals surface area contributed by atoms with E-state index in [9.17, 15) is 4.79 Å². The zero-order valence-electron chi connectivity index (χ0n) is 16.7. The second-order valence-electron chi connectivity index (χ2n) is 7.32. The molecule has 1 aliphatic rings. The van der Waals surface area contributed by atoms with E-state index in [1.54, 1.807) is 0 Å². The fourth-order valence-electron chi connectivity index (χ4n) is 3.79. The van der Waals surface area contributed by atoms with Gasteiger partial charge in [0.1, 0.15) is 18.0 Å². The molecule has 0 aromatic heterocycles. The number of ether oxygens (including phenoxy) is 2. The topological polar surface area (TPSA) is 35.5 Å². The molecule has 0 amide bonds. The highest BCUT2D eigenvalue weighted by molar-refractivity contribution is 5.79. The van der Waals surface area contributed by atoms with Crippen LogP contribution in [0, 0.1) is 5.92 Å². The molecule has 3 aromatic carbocycles. The maximum absolute atomic E-state index is 12.0. The molecule has 0 spiro atoms. The number of cyclic esters (lactones) is 1. The van der Waals surface area contributed by atoms with Crippen LogP contribution in [-0.4, -0.2) is 12.6 Å². The summed E-state index contributed by atoms with van der Waals surface area (Å²) in [7, 11) is 0. The van der Waals surface area contributed by atoms with Gasteiger partial charge in [0, 0.05) is 0 Å². The van der Waals surface area contributed by atoms with E-state index in [1.165, 1.54) is 0 Å². The Balaban J connectivity index is 1.86. The molecule has 3 nitrogen and oxygen atoms in total. The fraction of sp³-hybridized carbons (Fsp3) is 0.192. The smallest absolute Gasteiger partial charge is 0.318 e. The van der Waals surface area contributed by atoms with Gasteiger partial charge in [-0.2, -0.15) is 0 Å². The minimum Gasteiger partial charge on any atom is -0.428 e. The van der Waals surface area contributed by atoms with Crippen LogP contribution in [0.15, 0.2) is 102 Å². The van der Waals surface area contributed by atoms with Crippen LogP contribution in [0.4, 0.5) is 0 Å². The number of rotatable bonds is 6. The van der Waals surface area contributed by atoms with Crippen molar-refractivity contribution in [1.29, 1.82) is 0 Å². The minimum absolute atomic E-state index is 0.209. The lowest BCUT2D eigenvalue weighted by atomic mass is 9.80. The minimum atomic E-state index is -0.824. The number of hydrogen-bond donors (Lipinski definition) is 0. The predicted octanol–water partition coefficient (Wildman–Crippen LogP) is 5.46. The molecule has 0 radical (unpaired) electrons. The first kappa shape index (κ1) is 19.2.